The van der Waals surface area contributed by atoms with Gasteiger partial charge in [-0.2, -0.15) is 0 Å². The molecule has 0 unspecified atom stereocenters. The van der Waals surface area contributed by atoms with Crippen molar-refractivity contribution in [2.24, 2.45) is 0 Å². The topological polar surface area (TPSA) is 89.5 Å². The Morgan fingerprint density at radius 2 is 1.11 bits per heavy atom. The van der Waals surface area contributed by atoms with Crippen LogP contribution < -0.4 is 28.4 Å². The molecule has 150 valence electrons. The zero-order valence-electron chi connectivity index (χ0n) is 16.6. The highest BCUT2D eigenvalue weighted by Crippen LogP contribution is 2.53. The first kappa shape index (κ1) is 20.9. The van der Waals surface area contributed by atoms with Crippen molar-refractivity contribution in [3.63, 3.8) is 0 Å². The highest BCUT2D eigenvalue weighted by Gasteiger charge is 2.32. The van der Waals surface area contributed by atoms with Gasteiger partial charge in [-0.05, 0) is 31.2 Å². The van der Waals surface area contributed by atoms with Crippen LogP contribution >= 0.6 is 0 Å². The largest absolute Gasteiger partial charge is 0.497 e. The maximum atomic E-state index is 12.7. The Bertz CT molecular complexity index is 871. The van der Waals surface area contributed by atoms with E-state index >= 15 is 0 Å². The van der Waals surface area contributed by atoms with Gasteiger partial charge in [0.25, 0.3) is 0 Å². The van der Waals surface area contributed by atoms with Crippen LogP contribution in [0, 0.1) is 0 Å². The number of ketones is 1. The van der Waals surface area contributed by atoms with Gasteiger partial charge in [0.15, 0.2) is 17.3 Å². The van der Waals surface area contributed by atoms with E-state index in [1.54, 1.807) is 24.3 Å². The Labute approximate surface area is 162 Å². The molecule has 28 heavy (non-hydrogen) atoms. The summed E-state index contributed by atoms with van der Waals surface area (Å²) >= 11 is 0. The van der Waals surface area contributed by atoms with Crippen LogP contribution in [0.25, 0.3) is 0 Å². The van der Waals surface area contributed by atoms with Gasteiger partial charge in [-0.3, -0.25) is 4.79 Å². The molecule has 0 aliphatic carbocycles. The summed E-state index contributed by atoms with van der Waals surface area (Å²) < 4.78 is 32.0. The van der Waals surface area contributed by atoms with E-state index in [-0.39, 0.29) is 39.9 Å². The SMILES string of the molecule is COc1ccc(C(=O)Oc2c(OC)c(OC)c(OC)c(OC)c2C(C)=O)cc1. The molecule has 0 saturated carbocycles. The normalized spacial score (nSPS) is 10.1. The molecule has 0 bridgehead atoms. The van der Waals surface area contributed by atoms with Gasteiger partial charge in [-0.25, -0.2) is 4.79 Å². The Morgan fingerprint density at radius 1 is 0.643 bits per heavy atom. The predicted octanol–water partition coefficient (Wildman–Crippen LogP) is 3.15. The molecule has 2 aromatic rings. The van der Waals surface area contributed by atoms with Gasteiger partial charge in [-0.1, -0.05) is 0 Å². The lowest BCUT2D eigenvalue weighted by molar-refractivity contribution is 0.0726. The van der Waals surface area contributed by atoms with Gasteiger partial charge in [0, 0.05) is 0 Å². The molecule has 8 heteroatoms. The number of hydrogen-bond acceptors (Lipinski definition) is 8. The summed E-state index contributed by atoms with van der Waals surface area (Å²) in [6, 6.07) is 6.32. The molecule has 2 aromatic carbocycles. The maximum Gasteiger partial charge on any atom is 0.343 e. The first-order chi connectivity index (χ1) is 13.4. The summed E-state index contributed by atoms with van der Waals surface area (Å²) in [6.07, 6.45) is 0. The lowest BCUT2D eigenvalue weighted by Gasteiger charge is -2.21. The highest BCUT2D eigenvalue weighted by molar-refractivity contribution is 6.04. The van der Waals surface area contributed by atoms with Crippen molar-refractivity contribution in [3.8, 4) is 34.5 Å². The lowest BCUT2D eigenvalue weighted by atomic mass is 10.1. The van der Waals surface area contributed by atoms with Crippen LogP contribution in [-0.2, 0) is 0 Å². The first-order valence-corrected chi connectivity index (χ1v) is 8.20. The fourth-order valence-corrected chi connectivity index (χ4v) is 2.69. The summed E-state index contributed by atoms with van der Waals surface area (Å²) in [5, 5.41) is 0. The Balaban J connectivity index is 2.66. The number of benzene rings is 2. The second-order valence-corrected chi connectivity index (χ2v) is 5.51. The third-order valence-electron chi connectivity index (χ3n) is 3.97. The van der Waals surface area contributed by atoms with Gasteiger partial charge in [-0.15, -0.1) is 0 Å². The summed E-state index contributed by atoms with van der Waals surface area (Å²) in [6.45, 7) is 1.31. The van der Waals surface area contributed by atoms with E-state index in [0.717, 1.165) is 0 Å². The first-order valence-electron chi connectivity index (χ1n) is 8.20. The number of carbonyl (C=O) groups excluding carboxylic acids is 2. The molecule has 0 fully saturated rings. The van der Waals surface area contributed by atoms with Crippen LogP contribution in [0.15, 0.2) is 24.3 Å². The number of esters is 1. The van der Waals surface area contributed by atoms with E-state index in [1.807, 2.05) is 0 Å². The zero-order chi connectivity index (χ0) is 20.8. The molecule has 0 saturated heterocycles. The lowest BCUT2D eigenvalue weighted by Crippen LogP contribution is -2.14. The summed E-state index contributed by atoms with van der Waals surface area (Å²) in [5.74, 6) is -0.249. The second kappa shape index (κ2) is 8.98. The van der Waals surface area contributed by atoms with Crippen molar-refractivity contribution in [1.29, 1.82) is 0 Å². The molecule has 0 N–H and O–H groups in total. The van der Waals surface area contributed by atoms with Crippen LogP contribution in [0.1, 0.15) is 27.6 Å². The quantitative estimate of drug-likeness (QED) is 0.386. The fraction of sp³-hybridized carbons (Fsp3) is 0.300. The van der Waals surface area contributed by atoms with E-state index < -0.39 is 11.8 Å². The van der Waals surface area contributed by atoms with Crippen molar-refractivity contribution in [2.45, 2.75) is 6.92 Å². The van der Waals surface area contributed by atoms with Crippen LogP contribution in [0.4, 0.5) is 0 Å². The van der Waals surface area contributed by atoms with Crippen LogP contribution in [0.2, 0.25) is 0 Å². The number of Topliss-reactive ketones (excluding diaryl/α,β-unsaturated/α-hetero) is 1. The zero-order valence-corrected chi connectivity index (χ0v) is 16.6. The third kappa shape index (κ3) is 3.80. The molecule has 0 aliphatic heterocycles. The molecule has 0 atom stereocenters. The van der Waals surface area contributed by atoms with Crippen LogP contribution in [0.5, 0.6) is 34.5 Å². The van der Waals surface area contributed by atoms with E-state index in [2.05, 4.69) is 0 Å². The molecule has 0 heterocycles. The molecule has 0 radical (unpaired) electrons. The number of rotatable bonds is 8. The summed E-state index contributed by atoms with van der Waals surface area (Å²) in [7, 11) is 7.03. The van der Waals surface area contributed by atoms with Gasteiger partial charge in [0.1, 0.15) is 11.3 Å². The Hall–Kier alpha value is -3.42. The van der Waals surface area contributed by atoms with E-state index in [1.165, 1.54) is 42.5 Å². The second-order valence-electron chi connectivity index (χ2n) is 5.51. The Morgan fingerprint density at radius 3 is 1.54 bits per heavy atom. The molecule has 2 rings (SSSR count). The Kier molecular flexibility index (Phi) is 6.70. The average molecular weight is 390 g/mol. The van der Waals surface area contributed by atoms with Crippen molar-refractivity contribution < 1.29 is 38.0 Å². The average Bonchev–Trinajstić information content (AvgIpc) is 2.71. The van der Waals surface area contributed by atoms with E-state index in [9.17, 15) is 9.59 Å². The van der Waals surface area contributed by atoms with Crippen molar-refractivity contribution >= 4 is 11.8 Å². The number of hydrogen-bond donors (Lipinski definition) is 0. The van der Waals surface area contributed by atoms with Crippen LogP contribution in [-0.4, -0.2) is 47.3 Å². The minimum absolute atomic E-state index is 0.00105. The molecule has 0 spiro atoms. The number of ether oxygens (including phenoxy) is 6. The smallest absolute Gasteiger partial charge is 0.343 e. The minimum atomic E-state index is -0.697. The van der Waals surface area contributed by atoms with Gasteiger partial charge >= 0.3 is 5.97 Å². The number of carbonyl (C=O) groups is 2. The monoisotopic (exact) mass is 390 g/mol. The van der Waals surface area contributed by atoms with Crippen LogP contribution in [0.3, 0.4) is 0 Å². The van der Waals surface area contributed by atoms with Crippen molar-refractivity contribution in [3.05, 3.63) is 35.4 Å². The minimum Gasteiger partial charge on any atom is -0.497 e. The van der Waals surface area contributed by atoms with Gasteiger partial charge in [0.05, 0.1) is 41.1 Å². The van der Waals surface area contributed by atoms with Crippen molar-refractivity contribution in [2.75, 3.05) is 35.5 Å². The van der Waals surface area contributed by atoms with Gasteiger partial charge < -0.3 is 28.4 Å². The number of methoxy groups -OCH3 is 5. The van der Waals surface area contributed by atoms with E-state index in [4.69, 9.17) is 28.4 Å². The predicted molar refractivity (Wildman–Crippen MR) is 101 cm³/mol. The third-order valence-corrected chi connectivity index (χ3v) is 3.97. The maximum absolute atomic E-state index is 12.7. The van der Waals surface area contributed by atoms with E-state index in [0.29, 0.717) is 5.75 Å². The summed E-state index contributed by atoms with van der Waals surface area (Å²) in [4.78, 5) is 25.0. The molecule has 0 aliphatic rings. The standard InChI is InChI=1S/C20H22O8/c1-11(21)14-15(24-3)17(25-4)19(27-6)18(26-5)16(14)28-20(22)12-7-9-13(23-2)10-8-12/h7-10H,1-6H3. The molecular weight excluding hydrogens is 368 g/mol. The molecular formula is C20H22O8. The summed E-state index contributed by atoms with van der Waals surface area (Å²) in [5.41, 5.74) is 0.255. The molecule has 0 aromatic heterocycles. The highest BCUT2D eigenvalue weighted by atomic mass is 16.6. The fourth-order valence-electron chi connectivity index (χ4n) is 2.69. The van der Waals surface area contributed by atoms with Crippen molar-refractivity contribution in [1.82, 2.24) is 0 Å². The molecule has 8 nitrogen and oxygen atoms in total. The van der Waals surface area contributed by atoms with Gasteiger partial charge in [0.2, 0.25) is 17.2 Å². The molecule has 0 amide bonds.